The molecule has 21 heavy (non-hydrogen) atoms. The number of piperidine rings is 1. The topological polar surface area (TPSA) is 81.9 Å². The minimum Gasteiger partial charge on any atom is -0.493 e. The van der Waals surface area contributed by atoms with Gasteiger partial charge in [0.2, 0.25) is 11.8 Å². The number of hydrogen-bond acceptors (Lipinski definition) is 5. The third kappa shape index (κ3) is 3.33. The van der Waals surface area contributed by atoms with Crippen LogP contribution in [0.1, 0.15) is 18.4 Å². The predicted molar refractivity (Wildman–Crippen MR) is 77.2 cm³/mol. The summed E-state index contributed by atoms with van der Waals surface area (Å²) in [7, 11) is 3.14. The van der Waals surface area contributed by atoms with Crippen LogP contribution in [0.2, 0.25) is 0 Å². The number of ether oxygens (including phenoxy) is 2. The fraction of sp³-hybridized carbons (Fsp3) is 0.467. The number of nitrogens with two attached hydrogens (primary N) is 1. The number of benzene rings is 1. The van der Waals surface area contributed by atoms with Crippen molar-refractivity contribution in [3.63, 3.8) is 0 Å². The lowest BCUT2D eigenvalue weighted by Gasteiger charge is -2.28. The van der Waals surface area contributed by atoms with Crippen molar-refractivity contribution in [2.24, 2.45) is 5.73 Å². The van der Waals surface area contributed by atoms with E-state index in [2.05, 4.69) is 0 Å². The zero-order valence-corrected chi connectivity index (χ0v) is 12.3. The summed E-state index contributed by atoms with van der Waals surface area (Å²) in [6.45, 7) is 0.334. The zero-order chi connectivity index (χ0) is 15.4. The quantitative estimate of drug-likeness (QED) is 0.809. The molecular formula is C15H20N2O4. The maximum atomic E-state index is 11.9. The number of carbonyl (C=O) groups excluding carboxylic acids is 2. The first-order valence-corrected chi connectivity index (χ1v) is 6.87. The van der Waals surface area contributed by atoms with Gasteiger partial charge < -0.3 is 15.2 Å². The molecule has 1 atom stereocenters. The molecule has 0 bridgehead atoms. The van der Waals surface area contributed by atoms with Crippen LogP contribution in [-0.4, -0.2) is 43.5 Å². The molecule has 0 saturated carbocycles. The van der Waals surface area contributed by atoms with Crippen molar-refractivity contribution in [3.8, 4) is 11.5 Å². The Balaban J connectivity index is 2.05. The van der Waals surface area contributed by atoms with Gasteiger partial charge in [-0.2, -0.15) is 0 Å². The molecule has 0 radical (unpaired) electrons. The van der Waals surface area contributed by atoms with Crippen LogP contribution in [0.15, 0.2) is 18.2 Å². The van der Waals surface area contributed by atoms with Crippen molar-refractivity contribution in [1.29, 1.82) is 0 Å². The van der Waals surface area contributed by atoms with Crippen LogP contribution in [0, 0.1) is 0 Å². The van der Waals surface area contributed by atoms with E-state index in [-0.39, 0.29) is 11.8 Å². The van der Waals surface area contributed by atoms with Crippen molar-refractivity contribution < 1.29 is 19.1 Å². The molecule has 1 heterocycles. The van der Waals surface area contributed by atoms with Crippen molar-refractivity contribution in [1.82, 2.24) is 4.90 Å². The first-order chi connectivity index (χ1) is 10.1. The number of hydrogen-bond donors (Lipinski definition) is 1. The molecule has 1 aliphatic heterocycles. The Bertz CT molecular complexity index is 544. The maximum Gasteiger partial charge on any atom is 0.246 e. The minimum atomic E-state index is -0.562. The van der Waals surface area contributed by atoms with Gasteiger partial charge in [0.05, 0.1) is 20.3 Å². The van der Waals surface area contributed by atoms with Gasteiger partial charge in [-0.25, -0.2) is 0 Å². The Morgan fingerprint density at radius 1 is 1.24 bits per heavy atom. The molecule has 0 aliphatic carbocycles. The summed E-state index contributed by atoms with van der Waals surface area (Å²) >= 11 is 0. The van der Waals surface area contributed by atoms with E-state index in [4.69, 9.17) is 15.2 Å². The van der Waals surface area contributed by atoms with E-state index in [0.29, 0.717) is 37.3 Å². The molecule has 2 amide bonds. The summed E-state index contributed by atoms with van der Waals surface area (Å²) in [5.41, 5.74) is 6.67. The third-order valence-electron chi connectivity index (χ3n) is 3.63. The first kappa shape index (κ1) is 15.3. The van der Waals surface area contributed by atoms with Crippen molar-refractivity contribution in [2.45, 2.75) is 25.3 Å². The number of methoxy groups -OCH3 is 2. The van der Waals surface area contributed by atoms with E-state index in [0.717, 1.165) is 5.56 Å². The highest BCUT2D eigenvalue weighted by atomic mass is 16.5. The first-order valence-electron chi connectivity index (χ1n) is 6.87. The molecule has 6 nitrogen and oxygen atoms in total. The molecule has 1 aliphatic rings. The molecular weight excluding hydrogens is 272 g/mol. The number of imide groups is 1. The maximum absolute atomic E-state index is 11.9. The van der Waals surface area contributed by atoms with Gasteiger partial charge in [0, 0.05) is 13.0 Å². The van der Waals surface area contributed by atoms with Crippen LogP contribution in [0.4, 0.5) is 0 Å². The van der Waals surface area contributed by atoms with Crippen molar-refractivity contribution in [2.75, 3.05) is 20.8 Å². The van der Waals surface area contributed by atoms with E-state index in [1.54, 1.807) is 20.3 Å². The van der Waals surface area contributed by atoms with Gasteiger partial charge in [0.15, 0.2) is 11.5 Å². The van der Waals surface area contributed by atoms with E-state index >= 15 is 0 Å². The fourth-order valence-electron chi connectivity index (χ4n) is 2.37. The monoisotopic (exact) mass is 292 g/mol. The summed E-state index contributed by atoms with van der Waals surface area (Å²) < 4.78 is 10.4. The lowest BCUT2D eigenvalue weighted by atomic mass is 10.0. The molecule has 0 spiro atoms. The third-order valence-corrected chi connectivity index (χ3v) is 3.63. The molecule has 2 N–H and O–H groups in total. The van der Waals surface area contributed by atoms with Crippen LogP contribution < -0.4 is 15.2 Å². The highest BCUT2D eigenvalue weighted by molar-refractivity contribution is 6.00. The Labute approximate surface area is 123 Å². The lowest BCUT2D eigenvalue weighted by Crippen LogP contribution is -2.51. The summed E-state index contributed by atoms with van der Waals surface area (Å²) in [5.74, 6) is 0.838. The highest BCUT2D eigenvalue weighted by Gasteiger charge is 2.31. The van der Waals surface area contributed by atoms with E-state index < -0.39 is 6.04 Å². The molecule has 6 heteroatoms. The van der Waals surface area contributed by atoms with Crippen LogP contribution in [0.25, 0.3) is 0 Å². The molecule has 2 rings (SSSR count). The molecule has 1 saturated heterocycles. The van der Waals surface area contributed by atoms with E-state index in [1.165, 1.54) is 4.90 Å². The Morgan fingerprint density at radius 3 is 2.62 bits per heavy atom. The van der Waals surface area contributed by atoms with Gasteiger partial charge in [-0.3, -0.25) is 14.5 Å². The summed E-state index contributed by atoms with van der Waals surface area (Å²) in [4.78, 5) is 25.0. The number of carbonyl (C=O) groups is 2. The van der Waals surface area contributed by atoms with Gasteiger partial charge in [-0.05, 0) is 30.5 Å². The van der Waals surface area contributed by atoms with Gasteiger partial charge in [0.1, 0.15) is 0 Å². The number of nitrogens with zero attached hydrogens (tertiary/aromatic N) is 1. The molecule has 0 unspecified atom stereocenters. The summed E-state index contributed by atoms with van der Waals surface area (Å²) in [6, 6.07) is 4.98. The average Bonchev–Trinajstić information content (AvgIpc) is 2.50. The van der Waals surface area contributed by atoms with Crippen LogP contribution >= 0.6 is 0 Å². The Morgan fingerprint density at radius 2 is 1.95 bits per heavy atom. The molecule has 1 fully saturated rings. The van der Waals surface area contributed by atoms with E-state index in [1.807, 2.05) is 12.1 Å². The summed E-state index contributed by atoms with van der Waals surface area (Å²) in [5, 5.41) is 0. The minimum absolute atomic E-state index is 0.151. The molecule has 1 aromatic carbocycles. The normalized spacial score (nSPS) is 18.8. The fourth-order valence-corrected chi connectivity index (χ4v) is 2.37. The van der Waals surface area contributed by atoms with Gasteiger partial charge >= 0.3 is 0 Å². The Hall–Kier alpha value is -2.08. The van der Waals surface area contributed by atoms with Crippen LogP contribution in [0.5, 0.6) is 11.5 Å². The average molecular weight is 292 g/mol. The van der Waals surface area contributed by atoms with Crippen molar-refractivity contribution >= 4 is 11.8 Å². The Kier molecular flexibility index (Phi) is 4.80. The molecule has 1 aromatic rings. The molecule has 114 valence electrons. The van der Waals surface area contributed by atoms with Gasteiger partial charge in [0.25, 0.3) is 0 Å². The lowest BCUT2D eigenvalue weighted by molar-refractivity contribution is -0.149. The second kappa shape index (κ2) is 6.58. The zero-order valence-electron chi connectivity index (χ0n) is 12.3. The van der Waals surface area contributed by atoms with Crippen LogP contribution in [0.3, 0.4) is 0 Å². The number of rotatable bonds is 5. The smallest absolute Gasteiger partial charge is 0.246 e. The second-order valence-electron chi connectivity index (χ2n) is 4.97. The standard InChI is InChI=1S/C15H20N2O4/c1-20-12-5-3-10(9-13(12)21-2)7-8-17-14(18)6-4-11(16)15(17)19/h3,5,9,11H,4,6-8,16H2,1-2H3/t11-/m0/s1. The largest absolute Gasteiger partial charge is 0.493 e. The second-order valence-corrected chi connectivity index (χ2v) is 4.97. The summed E-state index contributed by atoms with van der Waals surface area (Å²) in [6.07, 6.45) is 1.33. The van der Waals surface area contributed by atoms with Crippen molar-refractivity contribution in [3.05, 3.63) is 23.8 Å². The van der Waals surface area contributed by atoms with Crippen LogP contribution in [-0.2, 0) is 16.0 Å². The SMILES string of the molecule is COc1ccc(CCN2C(=O)CC[C@H](N)C2=O)cc1OC. The highest BCUT2D eigenvalue weighted by Crippen LogP contribution is 2.27. The van der Waals surface area contributed by atoms with Gasteiger partial charge in [-0.1, -0.05) is 6.07 Å². The van der Waals surface area contributed by atoms with Gasteiger partial charge in [-0.15, -0.1) is 0 Å². The number of likely N-dealkylation sites (tertiary alicyclic amines) is 1. The number of amides is 2. The molecule has 0 aromatic heterocycles. The predicted octanol–water partition coefficient (Wildman–Crippen LogP) is 0.723. The van der Waals surface area contributed by atoms with E-state index in [9.17, 15) is 9.59 Å².